The number of hydrogen-bond acceptors (Lipinski definition) is 6. The molecule has 1 saturated carbocycles. The van der Waals surface area contributed by atoms with Crippen LogP contribution in [0.4, 0.5) is 5.69 Å². The molecule has 4 aromatic heterocycles. The normalized spacial score (nSPS) is 18.5. The molecule has 0 spiro atoms. The number of imidazole rings is 1. The van der Waals surface area contributed by atoms with Gasteiger partial charge in [0, 0.05) is 36.4 Å². The van der Waals surface area contributed by atoms with Gasteiger partial charge in [0.05, 0.1) is 29.7 Å². The van der Waals surface area contributed by atoms with Gasteiger partial charge in [0.25, 0.3) is 5.91 Å². The molecule has 31 heavy (non-hydrogen) atoms. The van der Waals surface area contributed by atoms with Crippen LogP contribution in [0.5, 0.6) is 0 Å². The number of fused-ring (bicyclic) bond motifs is 2. The number of aliphatic hydroxyl groups excluding tert-OH is 1. The van der Waals surface area contributed by atoms with E-state index in [0.29, 0.717) is 23.5 Å². The van der Waals surface area contributed by atoms with Crippen molar-refractivity contribution in [1.29, 1.82) is 0 Å². The number of anilines is 1. The maximum Gasteiger partial charge on any atom is 0.271 e. The molecule has 9 nitrogen and oxygen atoms in total. The van der Waals surface area contributed by atoms with Crippen LogP contribution in [-0.4, -0.2) is 54.4 Å². The summed E-state index contributed by atoms with van der Waals surface area (Å²) >= 11 is 0. The maximum atomic E-state index is 12.9. The summed E-state index contributed by atoms with van der Waals surface area (Å²) in [7, 11) is 1.82. The number of pyridine rings is 1. The van der Waals surface area contributed by atoms with Crippen molar-refractivity contribution in [3.05, 3.63) is 42.5 Å². The molecular weight excluding hydrogens is 394 g/mol. The summed E-state index contributed by atoms with van der Waals surface area (Å²) in [5.74, 6) is -0.297. The van der Waals surface area contributed by atoms with E-state index in [9.17, 15) is 9.90 Å². The first-order chi connectivity index (χ1) is 15.0. The molecular formula is C22H25N7O2. The Morgan fingerprint density at radius 3 is 2.77 bits per heavy atom. The molecule has 2 atom stereocenters. The number of carbonyl (C=O) groups is 1. The van der Waals surface area contributed by atoms with Gasteiger partial charge in [0.1, 0.15) is 5.65 Å². The Labute approximate surface area is 179 Å². The minimum atomic E-state index is -0.491. The summed E-state index contributed by atoms with van der Waals surface area (Å²) in [6, 6.07) is 5.89. The molecule has 4 heterocycles. The average Bonchev–Trinajstić information content (AvgIpc) is 3.37. The number of rotatable bonds is 5. The summed E-state index contributed by atoms with van der Waals surface area (Å²) in [6.07, 6.45) is 6.34. The first-order valence-corrected chi connectivity index (χ1v) is 10.5. The summed E-state index contributed by atoms with van der Waals surface area (Å²) in [5.41, 5.74) is 4.20. The number of carbonyl (C=O) groups excluding carboxylic acids is 1. The largest absolute Gasteiger partial charge is 0.391 e. The predicted molar refractivity (Wildman–Crippen MR) is 118 cm³/mol. The van der Waals surface area contributed by atoms with Crippen LogP contribution in [0.2, 0.25) is 0 Å². The van der Waals surface area contributed by atoms with Gasteiger partial charge in [-0.25, -0.2) is 14.5 Å². The van der Waals surface area contributed by atoms with Gasteiger partial charge in [-0.3, -0.25) is 4.79 Å². The standard InChI is InChI=1S/C22H25N7O2/c1-12(2)28-11-14(13-5-4-8-24-20(13)28)16-9-17(23-3)21-25-10-18(29(21)27-16)22(31)26-15-6-7-19(15)30/h4-5,8-12,15,19,23,30H,6-7H2,1-3H3,(H,26,31)/t15-,19+/m0/s1. The molecule has 0 unspecified atom stereocenters. The molecule has 0 radical (unpaired) electrons. The van der Waals surface area contributed by atoms with Crippen molar-refractivity contribution in [3.63, 3.8) is 0 Å². The average molecular weight is 419 g/mol. The second-order valence-corrected chi connectivity index (χ2v) is 8.22. The highest BCUT2D eigenvalue weighted by atomic mass is 16.3. The van der Waals surface area contributed by atoms with Crippen molar-refractivity contribution < 1.29 is 9.90 Å². The van der Waals surface area contributed by atoms with Crippen molar-refractivity contribution >= 4 is 28.3 Å². The van der Waals surface area contributed by atoms with Crippen LogP contribution >= 0.6 is 0 Å². The third-order valence-corrected chi connectivity index (χ3v) is 5.95. The Morgan fingerprint density at radius 2 is 2.10 bits per heavy atom. The number of hydrogen-bond donors (Lipinski definition) is 3. The fourth-order valence-electron chi connectivity index (χ4n) is 4.01. The van der Waals surface area contributed by atoms with Crippen molar-refractivity contribution in [3.8, 4) is 11.3 Å². The van der Waals surface area contributed by atoms with Crippen molar-refractivity contribution in [1.82, 2.24) is 29.5 Å². The lowest BCUT2D eigenvalue weighted by Crippen LogP contribution is -2.50. The quantitative estimate of drug-likeness (QED) is 0.459. The minimum Gasteiger partial charge on any atom is -0.391 e. The molecule has 0 bridgehead atoms. The van der Waals surface area contributed by atoms with E-state index < -0.39 is 6.10 Å². The summed E-state index contributed by atoms with van der Waals surface area (Å²) in [4.78, 5) is 21.8. The van der Waals surface area contributed by atoms with Crippen LogP contribution in [0.25, 0.3) is 27.9 Å². The van der Waals surface area contributed by atoms with Gasteiger partial charge < -0.3 is 20.3 Å². The zero-order valence-electron chi connectivity index (χ0n) is 17.7. The van der Waals surface area contributed by atoms with Gasteiger partial charge in [-0.05, 0) is 44.9 Å². The molecule has 1 fully saturated rings. The predicted octanol–water partition coefficient (Wildman–Crippen LogP) is 2.62. The van der Waals surface area contributed by atoms with Crippen LogP contribution in [0, 0.1) is 0 Å². The highest BCUT2D eigenvalue weighted by Gasteiger charge is 2.31. The molecule has 0 aromatic carbocycles. The van der Waals surface area contributed by atoms with Gasteiger partial charge in [-0.1, -0.05) is 0 Å². The third kappa shape index (κ3) is 3.12. The molecule has 9 heteroatoms. The van der Waals surface area contributed by atoms with E-state index in [1.54, 1.807) is 10.7 Å². The smallest absolute Gasteiger partial charge is 0.271 e. The number of amides is 1. The highest BCUT2D eigenvalue weighted by Crippen LogP contribution is 2.32. The van der Waals surface area contributed by atoms with Crippen molar-refractivity contribution in [2.75, 3.05) is 12.4 Å². The molecule has 5 rings (SSSR count). The number of aliphatic hydroxyl groups is 1. The minimum absolute atomic E-state index is 0.222. The second-order valence-electron chi connectivity index (χ2n) is 8.22. The first-order valence-electron chi connectivity index (χ1n) is 10.5. The van der Waals surface area contributed by atoms with Crippen LogP contribution in [0.15, 0.2) is 36.8 Å². The summed E-state index contributed by atoms with van der Waals surface area (Å²) < 4.78 is 3.69. The van der Waals surface area contributed by atoms with E-state index in [1.165, 1.54) is 6.20 Å². The van der Waals surface area contributed by atoms with Crippen LogP contribution in [-0.2, 0) is 0 Å². The Bertz CT molecular complexity index is 1290. The van der Waals surface area contributed by atoms with E-state index >= 15 is 0 Å². The van der Waals surface area contributed by atoms with E-state index in [2.05, 4.69) is 45.2 Å². The molecule has 1 aliphatic carbocycles. The van der Waals surface area contributed by atoms with Crippen LogP contribution in [0.1, 0.15) is 43.2 Å². The summed E-state index contributed by atoms with van der Waals surface area (Å²) in [5, 5.41) is 21.6. The van der Waals surface area contributed by atoms with E-state index in [-0.39, 0.29) is 18.0 Å². The molecule has 0 saturated heterocycles. The Morgan fingerprint density at radius 1 is 1.26 bits per heavy atom. The zero-order valence-corrected chi connectivity index (χ0v) is 17.7. The maximum absolute atomic E-state index is 12.9. The molecule has 1 amide bonds. The topological polar surface area (TPSA) is 109 Å². The lowest BCUT2D eigenvalue weighted by Gasteiger charge is -2.32. The van der Waals surface area contributed by atoms with Gasteiger partial charge >= 0.3 is 0 Å². The lowest BCUT2D eigenvalue weighted by molar-refractivity contribution is 0.0445. The van der Waals surface area contributed by atoms with E-state index in [1.807, 2.05) is 25.2 Å². The van der Waals surface area contributed by atoms with Crippen LogP contribution < -0.4 is 10.6 Å². The second kappa shape index (κ2) is 7.35. The van der Waals surface area contributed by atoms with E-state index in [0.717, 1.165) is 28.7 Å². The SMILES string of the molecule is CNc1cc(-c2cn(C(C)C)c3ncccc23)nn2c(C(=O)N[C@H]3CC[C@H]3O)cnc12. The fraction of sp³-hybridized carbons (Fsp3) is 0.364. The van der Waals surface area contributed by atoms with Gasteiger partial charge in [0.2, 0.25) is 0 Å². The fourth-order valence-corrected chi connectivity index (χ4v) is 4.01. The first kappa shape index (κ1) is 19.5. The van der Waals surface area contributed by atoms with Crippen LogP contribution in [0.3, 0.4) is 0 Å². The number of aromatic nitrogens is 5. The Balaban J connectivity index is 1.65. The molecule has 1 aliphatic rings. The van der Waals surface area contributed by atoms with E-state index in [4.69, 9.17) is 5.10 Å². The number of nitrogens with one attached hydrogen (secondary N) is 2. The molecule has 4 aromatic rings. The molecule has 0 aliphatic heterocycles. The number of nitrogens with zero attached hydrogens (tertiary/aromatic N) is 5. The molecule has 160 valence electrons. The van der Waals surface area contributed by atoms with Crippen molar-refractivity contribution in [2.24, 2.45) is 0 Å². The Kier molecular flexibility index (Phi) is 4.62. The van der Waals surface area contributed by atoms with Gasteiger partial charge in [0.15, 0.2) is 11.3 Å². The zero-order chi connectivity index (χ0) is 21.7. The summed E-state index contributed by atoms with van der Waals surface area (Å²) in [6.45, 7) is 4.22. The van der Waals surface area contributed by atoms with Gasteiger partial charge in [-0.2, -0.15) is 5.10 Å². The monoisotopic (exact) mass is 419 g/mol. The van der Waals surface area contributed by atoms with Crippen molar-refractivity contribution in [2.45, 2.75) is 44.9 Å². The Hall–Kier alpha value is -3.46. The third-order valence-electron chi connectivity index (χ3n) is 5.95. The molecule has 3 N–H and O–H groups in total. The van der Waals surface area contributed by atoms with Gasteiger partial charge in [-0.15, -0.1) is 0 Å². The highest BCUT2D eigenvalue weighted by molar-refractivity contribution is 5.96. The lowest BCUT2D eigenvalue weighted by atomic mass is 9.89.